The summed E-state index contributed by atoms with van der Waals surface area (Å²) in [6, 6.07) is 0. The average molecular weight is 245 g/mol. The molecule has 1 saturated carbocycles. The molecule has 0 aromatic rings. The largest absolute Gasteiger partial charge is 2.00 e. The summed E-state index contributed by atoms with van der Waals surface area (Å²) in [5.41, 5.74) is 0. The van der Waals surface area contributed by atoms with Gasteiger partial charge in [0.25, 0.3) is 0 Å². The van der Waals surface area contributed by atoms with E-state index in [0.29, 0.717) is 0 Å². The Bertz CT molecular complexity index is 227. The molecule has 0 aromatic heterocycles. The van der Waals surface area contributed by atoms with Crippen molar-refractivity contribution in [2.45, 2.75) is 38.2 Å². The quantitative estimate of drug-likeness (QED) is 0.547. The standard InChI is InChI=1S/C6H13NO3S.Ca.Na.3H/c7-11(8,9)10-6-4-2-1-3-5-6;;;;;/h6H,1-5H2,(H2,7,8,9);;;;;/q;+2;+1;3*-1. The SMILES string of the molecule is NS(=O)(=O)OC1CCCCC1.[Ca+2].[H-].[H-].[H-].[Na+]. The number of nitrogens with two attached hydrogens (primary N) is 1. The van der Waals surface area contributed by atoms with Crippen LogP contribution in [0.25, 0.3) is 0 Å². The maximum atomic E-state index is 10.5. The molecule has 0 aliphatic heterocycles. The van der Waals surface area contributed by atoms with Crippen LogP contribution >= 0.6 is 0 Å². The van der Waals surface area contributed by atoms with Crippen LogP contribution in [0.1, 0.15) is 36.4 Å². The van der Waals surface area contributed by atoms with Crippen molar-refractivity contribution in [2.75, 3.05) is 0 Å². The third-order valence-corrected chi connectivity index (χ3v) is 2.36. The van der Waals surface area contributed by atoms with Crippen LogP contribution in [0.4, 0.5) is 0 Å². The fraction of sp³-hybridized carbons (Fsp3) is 1.00. The molecule has 0 amide bonds. The Morgan fingerprint density at radius 1 is 1.23 bits per heavy atom. The van der Waals surface area contributed by atoms with Crippen molar-refractivity contribution in [2.24, 2.45) is 5.14 Å². The van der Waals surface area contributed by atoms with Crippen LogP contribution in [0.3, 0.4) is 0 Å². The van der Waals surface area contributed by atoms with Crippen LogP contribution in [-0.2, 0) is 14.5 Å². The first kappa shape index (κ1) is 17.5. The molecule has 72 valence electrons. The zero-order chi connectivity index (χ0) is 8.32. The van der Waals surface area contributed by atoms with E-state index < -0.39 is 10.3 Å². The molecule has 2 N–H and O–H groups in total. The van der Waals surface area contributed by atoms with E-state index in [2.05, 4.69) is 4.18 Å². The van der Waals surface area contributed by atoms with Crippen LogP contribution < -0.4 is 34.7 Å². The minimum absolute atomic E-state index is 0. The second-order valence-corrected chi connectivity index (χ2v) is 4.03. The van der Waals surface area contributed by atoms with E-state index in [1.165, 1.54) is 6.42 Å². The third kappa shape index (κ3) is 9.08. The maximum absolute atomic E-state index is 10.5. The Balaban J connectivity index is -0.0000000807. The molecule has 1 aliphatic rings. The summed E-state index contributed by atoms with van der Waals surface area (Å²) in [6.45, 7) is 0. The van der Waals surface area contributed by atoms with Gasteiger partial charge in [0.05, 0.1) is 6.10 Å². The Kier molecular flexibility index (Phi) is 11.2. The predicted molar refractivity (Wildman–Crippen MR) is 50.2 cm³/mol. The van der Waals surface area contributed by atoms with Gasteiger partial charge in [0.1, 0.15) is 0 Å². The molecule has 1 fully saturated rings. The van der Waals surface area contributed by atoms with E-state index >= 15 is 0 Å². The number of hydrogen-bond donors (Lipinski definition) is 1. The normalized spacial score (nSPS) is 18.5. The second kappa shape index (κ2) is 8.30. The molecule has 7 heteroatoms. The molecule has 1 rings (SSSR count). The average Bonchev–Trinajstić information content (AvgIpc) is 1.85. The van der Waals surface area contributed by atoms with Crippen molar-refractivity contribution >= 4 is 48.0 Å². The van der Waals surface area contributed by atoms with Crippen molar-refractivity contribution in [3.63, 3.8) is 0 Å². The first-order valence-electron chi connectivity index (χ1n) is 3.79. The number of rotatable bonds is 2. The van der Waals surface area contributed by atoms with Crippen molar-refractivity contribution in [1.82, 2.24) is 0 Å². The summed E-state index contributed by atoms with van der Waals surface area (Å²) >= 11 is 0. The summed E-state index contributed by atoms with van der Waals surface area (Å²) in [5, 5.41) is 4.72. The molecule has 4 nitrogen and oxygen atoms in total. The first-order chi connectivity index (χ1) is 5.08. The van der Waals surface area contributed by atoms with Gasteiger partial charge in [0.2, 0.25) is 0 Å². The minimum Gasteiger partial charge on any atom is -1.00 e. The molecule has 13 heavy (non-hydrogen) atoms. The smallest absolute Gasteiger partial charge is 1.00 e. The molecule has 0 spiro atoms. The molecule has 0 radical (unpaired) electrons. The van der Waals surface area contributed by atoms with Crippen LogP contribution in [0.5, 0.6) is 0 Å². The summed E-state index contributed by atoms with van der Waals surface area (Å²) in [4.78, 5) is 0. The molecule has 0 unspecified atom stereocenters. The fourth-order valence-corrected chi connectivity index (χ4v) is 1.92. The summed E-state index contributed by atoms with van der Waals surface area (Å²) in [6.07, 6.45) is 4.72. The number of hydrogen-bond acceptors (Lipinski definition) is 3. The van der Waals surface area contributed by atoms with Crippen molar-refractivity contribution in [3.8, 4) is 0 Å². The monoisotopic (exact) mass is 245 g/mol. The summed E-state index contributed by atoms with van der Waals surface area (Å²) in [7, 11) is -3.72. The van der Waals surface area contributed by atoms with Crippen molar-refractivity contribution in [3.05, 3.63) is 0 Å². The van der Waals surface area contributed by atoms with E-state index in [-0.39, 0.29) is 77.7 Å². The summed E-state index contributed by atoms with van der Waals surface area (Å²) < 4.78 is 25.5. The Morgan fingerprint density at radius 2 is 1.69 bits per heavy atom. The van der Waals surface area contributed by atoms with Gasteiger partial charge in [-0.15, -0.1) is 0 Å². The Labute approximate surface area is 136 Å². The zero-order valence-corrected chi connectivity index (χ0v) is 13.1. The molecule has 0 saturated heterocycles. The van der Waals surface area contributed by atoms with Crippen LogP contribution in [0.15, 0.2) is 0 Å². The van der Waals surface area contributed by atoms with Crippen LogP contribution in [0, 0.1) is 0 Å². The van der Waals surface area contributed by atoms with Crippen LogP contribution in [-0.4, -0.2) is 52.3 Å². The van der Waals surface area contributed by atoms with E-state index in [1.807, 2.05) is 0 Å². The van der Waals surface area contributed by atoms with E-state index in [4.69, 9.17) is 5.14 Å². The van der Waals surface area contributed by atoms with Crippen LogP contribution in [0.2, 0.25) is 0 Å². The summed E-state index contributed by atoms with van der Waals surface area (Å²) in [5.74, 6) is 0. The molecule has 1 aliphatic carbocycles. The van der Waals surface area contributed by atoms with Gasteiger partial charge in [-0.05, 0) is 12.8 Å². The van der Waals surface area contributed by atoms with Gasteiger partial charge < -0.3 is 4.28 Å². The van der Waals surface area contributed by atoms with Gasteiger partial charge >= 0.3 is 77.6 Å². The minimum atomic E-state index is -3.72. The molecule has 0 atom stereocenters. The van der Waals surface area contributed by atoms with E-state index in [0.717, 1.165) is 25.7 Å². The van der Waals surface area contributed by atoms with Crippen molar-refractivity contribution in [1.29, 1.82) is 0 Å². The molecular weight excluding hydrogens is 229 g/mol. The van der Waals surface area contributed by atoms with Gasteiger partial charge in [-0.3, -0.25) is 4.18 Å². The molecular formula is C6H16CaNNaO3S. The molecule has 0 heterocycles. The first-order valence-corrected chi connectivity index (χ1v) is 5.26. The van der Waals surface area contributed by atoms with Gasteiger partial charge in [-0.2, -0.15) is 8.42 Å². The molecule has 0 aromatic carbocycles. The molecule has 0 bridgehead atoms. The maximum Gasteiger partial charge on any atom is 2.00 e. The zero-order valence-electron chi connectivity index (χ0n) is 11.0. The Morgan fingerprint density at radius 3 is 2.08 bits per heavy atom. The van der Waals surface area contributed by atoms with Gasteiger partial charge in [-0.25, -0.2) is 5.14 Å². The fourth-order valence-electron chi connectivity index (χ4n) is 1.35. The van der Waals surface area contributed by atoms with E-state index in [9.17, 15) is 8.42 Å². The topological polar surface area (TPSA) is 69.4 Å². The van der Waals surface area contributed by atoms with Gasteiger partial charge in [0, 0.05) is 0 Å². The van der Waals surface area contributed by atoms with E-state index in [1.54, 1.807) is 0 Å². The second-order valence-electron chi connectivity index (χ2n) is 2.85. The predicted octanol–water partition coefficient (Wildman–Crippen LogP) is -2.50. The third-order valence-electron chi connectivity index (χ3n) is 1.82. The van der Waals surface area contributed by atoms with Crippen molar-refractivity contribution < 1.29 is 46.4 Å². The Hall–Kier alpha value is 2.13. The van der Waals surface area contributed by atoms with Gasteiger partial charge in [0.15, 0.2) is 0 Å². The van der Waals surface area contributed by atoms with Gasteiger partial charge in [-0.1, -0.05) is 19.3 Å².